The third kappa shape index (κ3) is 3.65. The Labute approximate surface area is 143 Å². The maximum atomic E-state index is 12.4. The first-order valence-electron chi connectivity index (χ1n) is 7.58. The predicted octanol–water partition coefficient (Wildman–Crippen LogP) is 3.63. The topological polar surface area (TPSA) is 83.1 Å². The van der Waals surface area contributed by atoms with Crippen molar-refractivity contribution in [3.05, 3.63) is 81.7 Å². The predicted molar refractivity (Wildman–Crippen MR) is 96.0 cm³/mol. The second-order valence-corrected chi connectivity index (χ2v) is 5.53. The molecule has 0 fully saturated rings. The largest absolute Gasteiger partial charge is 0.463 e. The number of carbonyl (C=O) groups is 1. The van der Waals surface area contributed by atoms with Gasteiger partial charge in [0, 0.05) is 11.8 Å². The molecule has 0 aliphatic carbocycles. The molecule has 1 amide bonds. The maximum absolute atomic E-state index is 12.4. The molecule has 25 heavy (non-hydrogen) atoms. The molecule has 0 atom stereocenters. The van der Waals surface area contributed by atoms with Crippen LogP contribution < -0.4 is 10.7 Å². The Morgan fingerprint density at radius 2 is 1.96 bits per heavy atom. The summed E-state index contributed by atoms with van der Waals surface area (Å²) in [4.78, 5) is 24.4. The summed E-state index contributed by atoms with van der Waals surface area (Å²) in [5.74, 6) is -0.381. The molecule has 1 heterocycles. The van der Waals surface area contributed by atoms with Gasteiger partial charge in [-0.3, -0.25) is 9.59 Å². The smallest absolute Gasteiger partial charge is 0.248 e. The van der Waals surface area contributed by atoms with E-state index in [1.165, 1.54) is 18.4 Å². The summed E-state index contributed by atoms with van der Waals surface area (Å²) in [6.07, 6.45) is 4.03. The van der Waals surface area contributed by atoms with Gasteiger partial charge >= 0.3 is 0 Å². The van der Waals surface area contributed by atoms with Gasteiger partial charge in [-0.05, 0) is 49.4 Å². The molecule has 2 aromatic carbocycles. The van der Waals surface area contributed by atoms with E-state index in [1.807, 2.05) is 19.1 Å². The van der Waals surface area contributed by atoms with E-state index in [0.29, 0.717) is 27.8 Å². The lowest BCUT2D eigenvalue weighted by molar-refractivity contribution is -0.111. The van der Waals surface area contributed by atoms with Gasteiger partial charge in [0.1, 0.15) is 11.8 Å². The lowest BCUT2D eigenvalue weighted by Crippen LogP contribution is -2.09. The van der Waals surface area contributed by atoms with Gasteiger partial charge < -0.3 is 9.73 Å². The van der Waals surface area contributed by atoms with E-state index in [-0.39, 0.29) is 11.3 Å². The number of aryl methyl sites for hydroxylation is 1. The van der Waals surface area contributed by atoms with E-state index in [2.05, 4.69) is 5.32 Å². The lowest BCUT2D eigenvalue weighted by Gasteiger charge is -2.02. The van der Waals surface area contributed by atoms with Crippen molar-refractivity contribution in [3.8, 4) is 6.07 Å². The van der Waals surface area contributed by atoms with Crippen molar-refractivity contribution in [2.75, 3.05) is 5.32 Å². The molecule has 0 saturated heterocycles. The summed E-state index contributed by atoms with van der Waals surface area (Å²) in [6, 6.07) is 13.9. The van der Waals surface area contributed by atoms with Crippen molar-refractivity contribution in [2.24, 2.45) is 0 Å². The van der Waals surface area contributed by atoms with Crippen molar-refractivity contribution in [1.29, 1.82) is 5.26 Å². The summed E-state index contributed by atoms with van der Waals surface area (Å²) >= 11 is 0. The van der Waals surface area contributed by atoms with Crippen LogP contribution in [0.4, 0.5) is 5.69 Å². The molecule has 5 nitrogen and oxygen atoms in total. The number of nitrogens with one attached hydrogen (secondary N) is 1. The van der Waals surface area contributed by atoms with Gasteiger partial charge in [0.25, 0.3) is 0 Å². The lowest BCUT2D eigenvalue weighted by atomic mass is 10.1. The Balaban J connectivity index is 1.80. The van der Waals surface area contributed by atoms with Crippen LogP contribution in [0.3, 0.4) is 0 Å². The second-order valence-electron chi connectivity index (χ2n) is 5.53. The van der Waals surface area contributed by atoms with Gasteiger partial charge in [0.2, 0.25) is 5.91 Å². The van der Waals surface area contributed by atoms with Crippen LogP contribution in [0.2, 0.25) is 0 Å². The van der Waals surface area contributed by atoms with E-state index < -0.39 is 0 Å². The Morgan fingerprint density at radius 3 is 2.68 bits per heavy atom. The van der Waals surface area contributed by atoms with E-state index in [0.717, 1.165) is 5.56 Å². The normalized spacial score (nSPS) is 10.7. The number of amides is 1. The fourth-order valence-corrected chi connectivity index (χ4v) is 2.35. The fourth-order valence-electron chi connectivity index (χ4n) is 2.35. The summed E-state index contributed by atoms with van der Waals surface area (Å²) in [7, 11) is 0. The zero-order valence-electron chi connectivity index (χ0n) is 13.4. The molecule has 3 aromatic rings. The van der Waals surface area contributed by atoms with Crippen molar-refractivity contribution in [3.63, 3.8) is 0 Å². The van der Waals surface area contributed by atoms with Gasteiger partial charge in [0.05, 0.1) is 22.6 Å². The zero-order chi connectivity index (χ0) is 17.8. The highest BCUT2D eigenvalue weighted by molar-refractivity contribution is 6.02. The van der Waals surface area contributed by atoms with Crippen LogP contribution >= 0.6 is 0 Å². The number of carbonyl (C=O) groups excluding carboxylic acids is 1. The molecule has 0 radical (unpaired) electrons. The molecule has 5 heteroatoms. The summed E-state index contributed by atoms with van der Waals surface area (Å²) in [6.45, 7) is 1.90. The molecule has 1 N–H and O–H groups in total. The van der Waals surface area contributed by atoms with Crippen molar-refractivity contribution >= 4 is 28.6 Å². The molecule has 0 saturated carbocycles. The number of hydrogen-bond acceptors (Lipinski definition) is 4. The SMILES string of the molecule is Cc1ccc2occ(/C=C/C(=O)Nc3ccc(C#N)cc3)c(=O)c2c1. The van der Waals surface area contributed by atoms with E-state index in [9.17, 15) is 9.59 Å². The molecular formula is C20H14N2O3. The summed E-state index contributed by atoms with van der Waals surface area (Å²) in [5.41, 5.74) is 2.65. The Hall–Kier alpha value is -3.65. The van der Waals surface area contributed by atoms with Crippen molar-refractivity contribution < 1.29 is 9.21 Å². The number of anilines is 1. The second kappa shape index (κ2) is 6.85. The van der Waals surface area contributed by atoms with Crippen LogP contribution in [0.1, 0.15) is 16.7 Å². The Bertz CT molecular complexity index is 1070. The van der Waals surface area contributed by atoms with Crippen LogP contribution in [0.25, 0.3) is 17.0 Å². The highest BCUT2D eigenvalue weighted by atomic mass is 16.3. The molecule has 0 aliphatic rings. The number of rotatable bonds is 3. The zero-order valence-corrected chi connectivity index (χ0v) is 13.4. The number of benzene rings is 2. The van der Waals surface area contributed by atoms with E-state index in [4.69, 9.17) is 9.68 Å². The number of nitriles is 1. The average molecular weight is 330 g/mol. The monoisotopic (exact) mass is 330 g/mol. The Kier molecular flexibility index (Phi) is 4.44. The van der Waals surface area contributed by atoms with Gasteiger partial charge in [-0.15, -0.1) is 0 Å². The van der Waals surface area contributed by atoms with Crippen molar-refractivity contribution in [1.82, 2.24) is 0 Å². The highest BCUT2D eigenvalue weighted by Gasteiger charge is 2.06. The molecule has 0 spiro atoms. The minimum atomic E-state index is -0.381. The number of hydrogen-bond donors (Lipinski definition) is 1. The third-order valence-corrected chi connectivity index (χ3v) is 3.65. The van der Waals surface area contributed by atoms with Crippen LogP contribution in [-0.4, -0.2) is 5.91 Å². The molecule has 122 valence electrons. The quantitative estimate of drug-likeness (QED) is 0.743. The minimum absolute atomic E-state index is 0.188. The van der Waals surface area contributed by atoms with Gasteiger partial charge in [-0.2, -0.15) is 5.26 Å². The van der Waals surface area contributed by atoms with Crippen LogP contribution in [-0.2, 0) is 4.79 Å². The van der Waals surface area contributed by atoms with Gasteiger partial charge in [0.15, 0.2) is 5.43 Å². The number of nitrogens with zero attached hydrogens (tertiary/aromatic N) is 1. The van der Waals surface area contributed by atoms with Gasteiger partial charge in [-0.25, -0.2) is 0 Å². The average Bonchev–Trinajstić information content (AvgIpc) is 2.62. The Morgan fingerprint density at radius 1 is 1.20 bits per heavy atom. The highest BCUT2D eigenvalue weighted by Crippen LogP contribution is 2.14. The van der Waals surface area contributed by atoms with Crippen LogP contribution in [0.5, 0.6) is 0 Å². The molecule has 1 aromatic heterocycles. The molecule has 0 unspecified atom stereocenters. The molecule has 3 rings (SSSR count). The van der Waals surface area contributed by atoms with E-state index >= 15 is 0 Å². The van der Waals surface area contributed by atoms with Gasteiger partial charge in [-0.1, -0.05) is 11.6 Å². The first-order chi connectivity index (χ1) is 12.1. The van der Waals surface area contributed by atoms with E-state index in [1.54, 1.807) is 36.4 Å². The maximum Gasteiger partial charge on any atom is 0.248 e. The first kappa shape index (κ1) is 16.2. The van der Waals surface area contributed by atoms with Crippen LogP contribution in [0.15, 0.2) is 64.0 Å². The summed E-state index contributed by atoms with van der Waals surface area (Å²) < 4.78 is 5.44. The first-order valence-corrected chi connectivity index (χ1v) is 7.58. The molecule has 0 bridgehead atoms. The fraction of sp³-hybridized carbons (Fsp3) is 0.0500. The van der Waals surface area contributed by atoms with Crippen molar-refractivity contribution in [2.45, 2.75) is 6.92 Å². The standard InChI is InChI=1S/C20H14N2O3/c1-13-2-8-18-17(10-13)20(24)15(12-25-18)5-9-19(23)22-16-6-3-14(11-21)4-7-16/h2-10,12H,1H3,(H,22,23)/b9-5+. The minimum Gasteiger partial charge on any atom is -0.463 e. The third-order valence-electron chi connectivity index (χ3n) is 3.65. The number of fused-ring (bicyclic) bond motifs is 1. The summed E-state index contributed by atoms with van der Waals surface area (Å²) in [5, 5.41) is 11.9. The molecular weight excluding hydrogens is 316 g/mol. The molecule has 0 aliphatic heterocycles. The van der Waals surface area contributed by atoms with Crippen LogP contribution in [0, 0.1) is 18.3 Å².